The lowest BCUT2D eigenvalue weighted by Crippen LogP contribution is -2.48. The van der Waals surface area contributed by atoms with Crippen LogP contribution in [0.3, 0.4) is 0 Å². The molecule has 0 radical (unpaired) electrons. The van der Waals surface area contributed by atoms with Crippen molar-refractivity contribution in [3.8, 4) is 0 Å². The number of amides is 1. The first kappa shape index (κ1) is 15.6. The lowest BCUT2D eigenvalue weighted by molar-refractivity contribution is -0.142. The van der Waals surface area contributed by atoms with Gasteiger partial charge in [-0.2, -0.15) is 23.5 Å². The van der Waals surface area contributed by atoms with Crippen LogP contribution in [0.4, 0.5) is 0 Å². The van der Waals surface area contributed by atoms with Gasteiger partial charge < -0.3 is 10.4 Å². The molecule has 2 N–H and O–H groups in total. The van der Waals surface area contributed by atoms with Gasteiger partial charge in [0.2, 0.25) is 5.91 Å². The van der Waals surface area contributed by atoms with Gasteiger partial charge >= 0.3 is 5.97 Å². The molecule has 4 nitrogen and oxygen atoms in total. The Labute approximate surface area is 105 Å². The molecule has 0 spiro atoms. The van der Waals surface area contributed by atoms with Crippen LogP contribution in [-0.4, -0.2) is 47.0 Å². The topological polar surface area (TPSA) is 66.4 Å². The molecular formula is C10H19NO3S2. The van der Waals surface area contributed by atoms with Gasteiger partial charge in [0.05, 0.1) is 5.41 Å². The van der Waals surface area contributed by atoms with Crippen molar-refractivity contribution in [3.63, 3.8) is 0 Å². The first-order valence-electron chi connectivity index (χ1n) is 4.86. The maximum absolute atomic E-state index is 11.8. The Morgan fingerprint density at radius 1 is 1.31 bits per heavy atom. The number of nitrogens with one attached hydrogen (secondary N) is 1. The van der Waals surface area contributed by atoms with E-state index in [4.69, 9.17) is 5.11 Å². The molecule has 16 heavy (non-hydrogen) atoms. The van der Waals surface area contributed by atoms with E-state index < -0.39 is 17.4 Å². The quantitative estimate of drug-likeness (QED) is 0.726. The number of hydrogen-bond acceptors (Lipinski definition) is 4. The third-order valence-corrected chi connectivity index (χ3v) is 3.73. The smallest absolute Gasteiger partial charge is 0.327 e. The number of carboxylic acid groups (broad SMARTS) is 1. The van der Waals surface area contributed by atoms with E-state index in [1.165, 1.54) is 11.8 Å². The highest BCUT2D eigenvalue weighted by atomic mass is 32.2. The van der Waals surface area contributed by atoms with Gasteiger partial charge in [-0.1, -0.05) is 13.8 Å². The monoisotopic (exact) mass is 265 g/mol. The van der Waals surface area contributed by atoms with Crippen LogP contribution in [0.2, 0.25) is 0 Å². The van der Waals surface area contributed by atoms with Crippen molar-refractivity contribution in [1.82, 2.24) is 5.32 Å². The highest BCUT2D eigenvalue weighted by Gasteiger charge is 2.30. The molecular weight excluding hydrogens is 246 g/mol. The van der Waals surface area contributed by atoms with Crippen LogP contribution in [0.25, 0.3) is 0 Å². The van der Waals surface area contributed by atoms with Gasteiger partial charge in [0.15, 0.2) is 0 Å². The summed E-state index contributed by atoms with van der Waals surface area (Å²) in [6, 6.07) is -0.802. The molecule has 0 unspecified atom stereocenters. The maximum atomic E-state index is 11.8. The van der Waals surface area contributed by atoms with Gasteiger partial charge in [-0.15, -0.1) is 0 Å². The number of carbonyl (C=O) groups excluding carboxylic acids is 1. The molecule has 6 heteroatoms. The predicted octanol–water partition coefficient (Wildman–Crippen LogP) is 1.31. The number of aliphatic carboxylic acids is 1. The highest BCUT2D eigenvalue weighted by molar-refractivity contribution is 7.98. The zero-order valence-corrected chi connectivity index (χ0v) is 11.7. The fourth-order valence-electron chi connectivity index (χ4n) is 1.12. The molecule has 1 amide bonds. The van der Waals surface area contributed by atoms with Gasteiger partial charge in [0.1, 0.15) is 6.04 Å². The minimum atomic E-state index is -0.984. The van der Waals surface area contributed by atoms with Gasteiger partial charge in [0, 0.05) is 11.5 Å². The second kappa shape index (κ2) is 7.06. The van der Waals surface area contributed by atoms with E-state index in [0.29, 0.717) is 11.5 Å². The van der Waals surface area contributed by atoms with Crippen LogP contribution in [0.5, 0.6) is 0 Å². The Hall–Kier alpha value is -0.360. The Bertz CT molecular complexity index is 256. The number of thioether (sulfide) groups is 2. The fourth-order valence-corrected chi connectivity index (χ4v) is 2.53. The molecule has 0 saturated heterocycles. The summed E-state index contributed by atoms with van der Waals surface area (Å²) in [6.07, 6.45) is 3.74. The zero-order chi connectivity index (χ0) is 12.8. The second-order valence-corrected chi connectivity index (χ2v) is 5.91. The summed E-state index contributed by atoms with van der Waals surface area (Å²) in [4.78, 5) is 22.7. The second-order valence-electron chi connectivity index (χ2n) is 4.14. The summed E-state index contributed by atoms with van der Waals surface area (Å²) in [5.41, 5.74) is -0.536. The van der Waals surface area contributed by atoms with Crippen molar-refractivity contribution in [2.45, 2.75) is 19.9 Å². The molecule has 0 aromatic heterocycles. The molecule has 94 valence electrons. The molecule has 0 aliphatic rings. The summed E-state index contributed by atoms with van der Waals surface area (Å²) in [6.45, 7) is 3.63. The summed E-state index contributed by atoms with van der Waals surface area (Å²) >= 11 is 2.98. The summed E-state index contributed by atoms with van der Waals surface area (Å²) in [5, 5.41) is 11.5. The molecule has 0 aliphatic carbocycles. The first-order chi connectivity index (χ1) is 7.35. The fraction of sp³-hybridized carbons (Fsp3) is 0.800. The van der Waals surface area contributed by atoms with Crippen LogP contribution in [0.1, 0.15) is 13.8 Å². The van der Waals surface area contributed by atoms with Crippen molar-refractivity contribution in [2.24, 2.45) is 5.41 Å². The van der Waals surface area contributed by atoms with Gasteiger partial charge in [-0.05, 0) is 12.5 Å². The predicted molar refractivity (Wildman–Crippen MR) is 70.1 cm³/mol. The lowest BCUT2D eigenvalue weighted by Gasteiger charge is -2.24. The summed E-state index contributed by atoms with van der Waals surface area (Å²) < 4.78 is 0. The molecule has 0 saturated carbocycles. The Kier molecular flexibility index (Phi) is 6.90. The van der Waals surface area contributed by atoms with Crippen molar-refractivity contribution >= 4 is 35.4 Å². The average Bonchev–Trinajstić information content (AvgIpc) is 2.16. The largest absolute Gasteiger partial charge is 0.480 e. The molecule has 0 heterocycles. The standard InChI is InChI=1S/C10H19NO3S2/c1-10(2,6-16-4)9(14)11-7(5-15-3)8(12)13/h7H,5-6H2,1-4H3,(H,11,14)(H,12,13)/t7-/m0/s1. The molecule has 0 aliphatic heterocycles. The third-order valence-electron chi connectivity index (χ3n) is 2.06. The Balaban J connectivity index is 4.44. The normalized spacial score (nSPS) is 13.2. The number of rotatable bonds is 7. The van der Waals surface area contributed by atoms with E-state index in [2.05, 4.69) is 5.32 Å². The molecule has 0 aromatic rings. The maximum Gasteiger partial charge on any atom is 0.327 e. The van der Waals surface area contributed by atoms with E-state index in [9.17, 15) is 9.59 Å². The Morgan fingerprint density at radius 2 is 1.88 bits per heavy atom. The number of carboxylic acids is 1. The molecule has 0 bridgehead atoms. The van der Waals surface area contributed by atoms with Gasteiger partial charge in [-0.25, -0.2) is 4.79 Å². The van der Waals surface area contributed by atoms with Crippen LogP contribution < -0.4 is 5.32 Å². The van der Waals surface area contributed by atoms with E-state index in [0.717, 1.165) is 0 Å². The van der Waals surface area contributed by atoms with E-state index in [-0.39, 0.29) is 5.91 Å². The van der Waals surface area contributed by atoms with Crippen LogP contribution in [0.15, 0.2) is 0 Å². The third kappa shape index (κ3) is 5.12. The van der Waals surface area contributed by atoms with Crippen molar-refractivity contribution in [1.29, 1.82) is 0 Å². The van der Waals surface area contributed by atoms with Crippen LogP contribution >= 0.6 is 23.5 Å². The molecule has 0 aromatic carbocycles. The van der Waals surface area contributed by atoms with Gasteiger partial charge in [-0.3, -0.25) is 4.79 Å². The van der Waals surface area contributed by atoms with E-state index in [1.54, 1.807) is 11.8 Å². The average molecular weight is 265 g/mol. The van der Waals surface area contributed by atoms with Crippen LogP contribution in [-0.2, 0) is 9.59 Å². The van der Waals surface area contributed by atoms with Crippen molar-refractivity contribution in [3.05, 3.63) is 0 Å². The SMILES string of the molecule is CSC[C@H](NC(=O)C(C)(C)CSC)C(=O)O. The van der Waals surface area contributed by atoms with E-state index in [1.807, 2.05) is 26.4 Å². The van der Waals surface area contributed by atoms with Crippen LogP contribution in [0, 0.1) is 5.41 Å². The minimum Gasteiger partial charge on any atom is -0.480 e. The minimum absolute atomic E-state index is 0.205. The first-order valence-corrected chi connectivity index (χ1v) is 7.65. The van der Waals surface area contributed by atoms with Crippen molar-refractivity contribution in [2.75, 3.05) is 24.0 Å². The zero-order valence-electron chi connectivity index (χ0n) is 10.1. The van der Waals surface area contributed by atoms with Crippen molar-refractivity contribution < 1.29 is 14.7 Å². The number of carbonyl (C=O) groups is 2. The Morgan fingerprint density at radius 3 is 2.25 bits per heavy atom. The molecule has 1 atom stereocenters. The summed E-state index contributed by atoms with van der Waals surface area (Å²) in [5.74, 6) is -0.133. The summed E-state index contributed by atoms with van der Waals surface area (Å²) in [7, 11) is 0. The lowest BCUT2D eigenvalue weighted by atomic mass is 9.95. The molecule has 0 fully saturated rings. The number of hydrogen-bond donors (Lipinski definition) is 2. The highest BCUT2D eigenvalue weighted by Crippen LogP contribution is 2.20. The van der Waals surface area contributed by atoms with Gasteiger partial charge in [0.25, 0.3) is 0 Å². The van der Waals surface area contributed by atoms with E-state index >= 15 is 0 Å². The molecule has 0 rings (SSSR count).